The minimum atomic E-state index is -0.167. The summed E-state index contributed by atoms with van der Waals surface area (Å²) in [6, 6.07) is 0. The minimum absolute atomic E-state index is 0.122. The van der Waals surface area contributed by atoms with Gasteiger partial charge >= 0.3 is 5.97 Å². The molecule has 0 spiro atoms. The summed E-state index contributed by atoms with van der Waals surface area (Å²) in [5.41, 5.74) is 1.87. The van der Waals surface area contributed by atoms with Gasteiger partial charge in [0.1, 0.15) is 17.8 Å². The molecule has 2 aromatic heterocycles. The van der Waals surface area contributed by atoms with Crippen molar-refractivity contribution in [2.75, 3.05) is 24.6 Å². The molecule has 0 saturated carbocycles. The number of carbonyl (C=O) groups is 1. The van der Waals surface area contributed by atoms with Crippen molar-refractivity contribution in [3.8, 4) is 11.3 Å². The van der Waals surface area contributed by atoms with Crippen LogP contribution in [0, 0.1) is 24.7 Å². The van der Waals surface area contributed by atoms with E-state index in [1.54, 1.807) is 20.8 Å². The van der Waals surface area contributed by atoms with Gasteiger partial charge in [0, 0.05) is 13.1 Å². The molecular weight excluding hydrogens is 338 g/mol. The average Bonchev–Trinajstić information content (AvgIpc) is 2.99. The molecule has 0 N–H and O–H groups in total. The molecule has 1 saturated heterocycles. The van der Waals surface area contributed by atoms with Gasteiger partial charge in [0.2, 0.25) is 0 Å². The van der Waals surface area contributed by atoms with Crippen LogP contribution in [0.2, 0.25) is 0 Å². The SMILES string of the molecule is CCOC(=O)C1CCN(c2ncnc(-c3c(C)noc3C)c2N=O)CC1. The van der Waals surface area contributed by atoms with Crippen molar-refractivity contribution in [3.63, 3.8) is 0 Å². The lowest BCUT2D eigenvalue weighted by molar-refractivity contribution is -0.148. The van der Waals surface area contributed by atoms with Crippen LogP contribution in [0.1, 0.15) is 31.2 Å². The van der Waals surface area contributed by atoms with Crippen LogP contribution in [0.5, 0.6) is 0 Å². The largest absolute Gasteiger partial charge is 0.466 e. The van der Waals surface area contributed by atoms with E-state index in [0.29, 0.717) is 61.1 Å². The Labute approximate surface area is 150 Å². The third-order valence-corrected chi connectivity index (χ3v) is 4.58. The third kappa shape index (κ3) is 3.29. The van der Waals surface area contributed by atoms with E-state index in [4.69, 9.17) is 9.26 Å². The van der Waals surface area contributed by atoms with Crippen molar-refractivity contribution >= 4 is 17.5 Å². The van der Waals surface area contributed by atoms with Crippen LogP contribution in [-0.2, 0) is 9.53 Å². The molecule has 3 heterocycles. The molecule has 1 aliphatic rings. The maximum atomic E-state index is 11.9. The summed E-state index contributed by atoms with van der Waals surface area (Å²) in [4.78, 5) is 33.9. The van der Waals surface area contributed by atoms with E-state index >= 15 is 0 Å². The normalized spacial score (nSPS) is 15.1. The van der Waals surface area contributed by atoms with Crippen LogP contribution >= 0.6 is 0 Å². The van der Waals surface area contributed by atoms with Gasteiger partial charge in [-0.05, 0) is 38.8 Å². The second-order valence-corrected chi connectivity index (χ2v) is 6.20. The van der Waals surface area contributed by atoms with E-state index in [-0.39, 0.29) is 17.6 Å². The highest BCUT2D eigenvalue weighted by atomic mass is 16.5. The molecule has 0 aromatic carbocycles. The van der Waals surface area contributed by atoms with Gasteiger partial charge in [-0.2, -0.15) is 0 Å². The maximum absolute atomic E-state index is 11.9. The molecule has 0 radical (unpaired) electrons. The number of carbonyl (C=O) groups excluding carboxylic acids is 1. The molecule has 1 aliphatic heterocycles. The van der Waals surface area contributed by atoms with Crippen LogP contribution in [-0.4, -0.2) is 40.8 Å². The topological polar surface area (TPSA) is 111 Å². The number of anilines is 1. The van der Waals surface area contributed by atoms with Gasteiger partial charge in [-0.1, -0.05) is 5.16 Å². The lowest BCUT2D eigenvalue weighted by atomic mass is 9.97. The van der Waals surface area contributed by atoms with Crippen LogP contribution < -0.4 is 4.90 Å². The molecule has 0 bridgehead atoms. The van der Waals surface area contributed by atoms with Crippen LogP contribution in [0.4, 0.5) is 11.5 Å². The Morgan fingerprint density at radius 1 is 1.35 bits per heavy atom. The molecule has 0 amide bonds. The number of nitroso groups, excluding NO2 is 1. The van der Waals surface area contributed by atoms with Crippen LogP contribution in [0.3, 0.4) is 0 Å². The molecule has 26 heavy (non-hydrogen) atoms. The summed E-state index contributed by atoms with van der Waals surface area (Å²) in [5, 5.41) is 7.10. The number of rotatable bonds is 5. The Hall–Kier alpha value is -2.84. The number of piperidine rings is 1. The minimum Gasteiger partial charge on any atom is -0.466 e. The summed E-state index contributed by atoms with van der Waals surface area (Å²) in [6.07, 6.45) is 2.69. The first-order valence-electron chi connectivity index (χ1n) is 8.60. The van der Waals surface area contributed by atoms with Gasteiger partial charge in [-0.25, -0.2) is 9.97 Å². The lowest BCUT2D eigenvalue weighted by Gasteiger charge is -2.32. The van der Waals surface area contributed by atoms with Crippen LogP contribution in [0.25, 0.3) is 11.3 Å². The summed E-state index contributed by atoms with van der Waals surface area (Å²) < 4.78 is 10.3. The Kier molecular flexibility index (Phi) is 5.24. The highest BCUT2D eigenvalue weighted by Gasteiger charge is 2.29. The zero-order valence-corrected chi connectivity index (χ0v) is 15.1. The molecule has 2 aromatic rings. The molecule has 0 unspecified atom stereocenters. The Bertz CT molecular complexity index is 792. The van der Waals surface area contributed by atoms with Crippen molar-refractivity contribution in [1.82, 2.24) is 15.1 Å². The fraction of sp³-hybridized carbons (Fsp3) is 0.529. The molecule has 9 nitrogen and oxygen atoms in total. The predicted molar refractivity (Wildman–Crippen MR) is 94.0 cm³/mol. The van der Waals surface area contributed by atoms with E-state index in [2.05, 4.69) is 20.3 Å². The molecule has 1 fully saturated rings. The monoisotopic (exact) mass is 359 g/mol. The van der Waals surface area contributed by atoms with E-state index in [1.165, 1.54) is 6.33 Å². The molecule has 0 atom stereocenters. The quantitative estimate of drug-likeness (QED) is 0.592. The first-order valence-corrected chi connectivity index (χ1v) is 8.60. The summed E-state index contributed by atoms with van der Waals surface area (Å²) in [7, 11) is 0. The van der Waals surface area contributed by atoms with Crippen LogP contribution in [0.15, 0.2) is 16.0 Å². The van der Waals surface area contributed by atoms with E-state index < -0.39 is 0 Å². The van der Waals surface area contributed by atoms with Gasteiger partial charge in [0.15, 0.2) is 11.5 Å². The third-order valence-electron chi connectivity index (χ3n) is 4.58. The fourth-order valence-corrected chi connectivity index (χ4v) is 3.28. The molecule has 138 valence electrons. The molecule has 0 aliphatic carbocycles. The lowest BCUT2D eigenvalue weighted by Crippen LogP contribution is -2.37. The average molecular weight is 359 g/mol. The van der Waals surface area contributed by atoms with Crippen molar-refractivity contribution in [2.24, 2.45) is 11.1 Å². The highest BCUT2D eigenvalue weighted by Crippen LogP contribution is 2.39. The van der Waals surface area contributed by atoms with Gasteiger partial charge in [-0.15, -0.1) is 4.91 Å². The summed E-state index contributed by atoms with van der Waals surface area (Å²) in [6.45, 7) is 6.90. The number of hydrogen-bond donors (Lipinski definition) is 0. The zero-order valence-electron chi connectivity index (χ0n) is 15.1. The second-order valence-electron chi connectivity index (χ2n) is 6.20. The van der Waals surface area contributed by atoms with E-state index in [9.17, 15) is 9.70 Å². The number of ether oxygens (including phenoxy) is 1. The summed E-state index contributed by atoms with van der Waals surface area (Å²) >= 11 is 0. The predicted octanol–water partition coefficient (Wildman–Crippen LogP) is 2.93. The Morgan fingerprint density at radius 3 is 2.65 bits per heavy atom. The van der Waals surface area contributed by atoms with E-state index in [0.717, 1.165) is 0 Å². The summed E-state index contributed by atoms with van der Waals surface area (Å²) in [5.74, 6) is 0.744. The van der Waals surface area contributed by atoms with Gasteiger partial charge < -0.3 is 14.2 Å². The number of nitrogens with zero attached hydrogens (tertiary/aromatic N) is 5. The first kappa shape index (κ1) is 18.0. The van der Waals surface area contributed by atoms with Crippen molar-refractivity contribution in [2.45, 2.75) is 33.6 Å². The maximum Gasteiger partial charge on any atom is 0.309 e. The van der Waals surface area contributed by atoms with Gasteiger partial charge in [0.25, 0.3) is 0 Å². The van der Waals surface area contributed by atoms with Crippen molar-refractivity contribution in [1.29, 1.82) is 0 Å². The number of esters is 1. The van der Waals surface area contributed by atoms with Gasteiger partial charge in [0.05, 0.1) is 23.8 Å². The fourth-order valence-electron chi connectivity index (χ4n) is 3.28. The number of aryl methyl sites for hydroxylation is 2. The smallest absolute Gasteiger partial charge is 0.309 e. The van der Waals surface area contributed by atoms with Crippen molar-refractivity contribution < 1.29 is 14.1 Å². The Balaban J connectivity index is 1.87. The zero-order chi connectivity index (χ0) is 18.7. The van der Waals surface area contributed by atoms with Gasteiger partial charge in [-0.3, -0.25) is 4.79 Å². The number of hydrogen-bond acceptors (Lipinski definition) is 9. The van der Waals surface area contributed by atoms with Crippen molar-refractivity contribution in [3.05, 3.63) is 22.7 Å². The Morgan fingerprint density at radius 2 is 2.08 bits per heavy atom. The van der Waals surface area contributed by atoms with E-state index in [1.807, 2.05) is 4.90 Å². The molecule has 3 rings (SSSR count). The standard InChI is InChI=1S/C17H21N5O4/c1-4-25-17(23)12-5-7-22(8-6-12)16-15(20-24)14(18-9-19-16)13-10(2)21-26-11(13)3/h9,12H,4-8H2,1-3H3. The molecular formula is C17H21N5O4. The molecule has 9 heteroatoms. The first-order chi connectivity index (χ1) is 12.6. The number of aromatic nitrogens is 3. The second kappa shape index (κ2) is 7.59. The highest BCUT2D eigenvalue weighted by molar-refractivity contribution is 5.82.